The maximum atomic E-state index is 13.1. The Bertz CT molecular complexity index is 1190. The normalized spacial score (nSPS) is 18.3. The molecule has 4 rings (SSSR count). The van der Waals surface area contributed by atoms with Gasteiger partial charge < -0.3 is 14.9 Å². The number of sulfone groups is 1. The summed E-state index contributed by atoms with van der Waals surface area (Å²) >= 11 is 2.76. The third-order valence-electron chi connectivity index (χ3n) is 5.37. The number of rotatable bonds is 11. The number of hydrogen-bond acceptors (Lipinski definition) is 10. The minimum Gasteiger partial charge on any atom is -0.389 e. The number of oxime groups is 1. The summed E-state index contributed by atoms with van der Waals surface area (Å²) in [5.41, 5.74) is 0.434. The number of aromatic nitrogens is 1. The number of nitrogens with zero attached hydrogens (tertiary/aromatic N) is 2. The van der Waals surface area contributed by atoms with E-state index in [4.69, 9.17) is 9.57 Å². The molecule has 1 aromatic heterocycles. The molecule has 1 saturated heterocycles. The number of carbonyl (C=O) groups excluding carboxylic acids is 2. The minimum absolute atomic E-state index is 0.0105. The van der Waals surface area contributed by atoms with Gasteiger partial charge in [-0.2, -0.15) is 0 Å². The summed E-state index contributed by atoms with van der Waals surface area (Å²) in [4.78, 5) is 34.5. The standard InChI is InChI=1S/C22H26N4O6S3/c1-23-18(27)9-11-33-19-12-24-22(34-19)25-21(28)20(26-32-15-8-10-31-13-15)14-2-4-16(5-3-14)35(29,30)17-6-7-17/h2-5,12,15,17H,6-11,13H2,1H3,(H,23,27)(H,24,25,28)/t15-/m1/s1. The van der Waals surface area contributed by atoms with Gasteiger partial charge in [-0.05, 0) is 25.0 Å². The molecule has 10 nitrogen and oxygen atoms in total. The Kier molecular flexibility index (Phi) is 8.42. The van der Waals surface area contributed by atoms with Crippen molar-refractivity contribution in [1.82, 2.24) is 10.3 Å². The summed E-state index contributed by atoms with van der Waals surface area (Å²) in [5.74, 6) is 0.0213. The van der Waals surface area contributed by atoms with Gasteiger partial charge in [0.15, 0.2) is 26.8 Å². The van der Waals surface area contributed by atoms with Crippen molar-refractivity contribution in [2.45, 2.75) is 46.1 Å². The van der Waals surface area contributed by atoms with E-state index in [1.165, 1.54) is 35.2 Å². The molecule has 0 radical (unpaired) electrons. The van der Waals surface area contributed by atoms with Crippen LogP contribution in [0.25, 0.3) is 0 Å². The van der Waals surface area contributed by atoms with Crippen LogP contribution in [0.2, 0.25) is 0 Å². The SMILES string of the molecule is CNC(=O)CCSc1cnc(NC(=O)C(=NO[C@@H]2CCOC2)c2ccc(S(=O)(=O)C3CC3)cc2)s1. The van der Waals surface area contributed by atoms with E-state index >= 15 is 0 Å². The van der Waals surface area contributed by atoms with Crippen molar-refractivity contribution in [2.24, 2.45) is 5.16 Å². The highest BCUT2D eigenvalue weighted by molar-refractivity contribution is 8.01. The van der Waals surface area contributed by atoms with Gasteiger partial charge in [-0.3, -0.25) is 14.9 Å². The van der Waals surface area contributed by atoms with E-state index < -0.39 is 15.7 Å². The molecule has 1 saturated carbocycles. The van der Waals surface area contributed by atoms with Crippen molar-refractivity contribution in [3.05, 3.63) is 36.0 Å². The number of amides is 2. The average molecular weight is 539 g/mol. The second kappa shape index (κ2) is 11.5. The molecule has 2 fully saturated rings. The van der Waals surface area contributed by atoms with Gasteiger partial charge in [0.1, 0.15) is 0 Å². The number of nitrogens with one attached hydrogen (secondary N) is 2. The number of carbonyl (C=O) groups is 2. The van der Waals surface area contributed by atoms with Crippen LogP contribution in [0.3, 0.4) is 0 Å². The Labute approximate surface area is 211 Å². The van der Waals surface area contributed by atoms with Crippen LogP contribution in [0.15, 0.2) is 44.7 Å². The number of benzene rings is 1. The summed E-state index contributed by atoms with van der Waals surface area (Å²) < 4.78 is 31.2. The van der Waals surface area contributed by atoms with Crippen LogP contribution in [0.5, 0.6) is 0 Å². The predicted molar refractivity (Wildman–Crippen MR) is 134 cm³/mol. The molecule has 13 heteroatoms. The molecule has 1 atom stereocenters. The van der Waals surface area contributed by atoms with Crippen LogP contribution < -0.4 is 10.6 Å². The fourth-order valence-electron chi connectivity index (χ4n) is 3.23. The number of hydrogen-bond donors (Lipinski definition) is 2. The zero-order valence-electron chi connectivity index (χ0n) is 19.1. The van der Waals surface area contributed by atoms with E-state index in [2.05, 4.69) is 20.8 Å². The summed E-state index contributed by atoms with van der Waals surface area (Å²) in [6.07, 6.45) is 3.78. The molecule has 1 aliphatic heterocycles. The lowest BCUT2D eigenvalue weighted by Crippen LogP contribution is -2.25. The molecule has 2 amide bonds. The van der Waals surface area contributed by atoms with E-state index in [0.717, 1.165) is 4.21 Å². The van der Waals surface area contributed by atoms with Gasteiger partial charge in [0.05, 0.1) is 33.8 Å². The molecule has 2 heterocycles. The molecule has 0 bridgehead atoms. The van der Waals surface area contributed by atoms with Gasteiger partial charge >= 0.3 is 0 Å². The van der Waals surface area contributed by atoms with Crippen LogP contribution in [-0.2, 0) is 29.0 Å². The van der Waals surface area contributed by atoms with Gasteiger partial charge in [0.25, 0.3) is 5.91 Å². The Morgan fingerprint density at radius 2 is 2.03 bits per heavy atom. The summed E-state index contributed by atoms with van der Waals surface area (Å²) in [6.45, 7) is 0.953. The quantitative estimate of drug-likeness (QED) is 0.253. The monoisotopic (exact) mass is 538 g/mol. The molecule has 35 heavy (non-hydrogen) atoms. The predicted octanol–water partition coefficient (Wildman–Crippen LogP) is 2.46. The number of thioether (sulfide) groups is 1. The van der Waals surface area contributed by atoms with Crippen molar-refractivity contribution >= 4 is 55.6 Å². The van der Waals surface area contributed by atoms with E-state index in [-0.39, 0.29) is 27.9 Å². The van der Waals surface area contributed by atoms with Crippen LogP contribution >= 0.6 is 23.1 Å². The van der Waals surface area contributed by atoms with Crippen LogP contribution in [-0.4, -0.2) is 68.3 Å². The average Bonchev–Trinajstić information content (AvgIpc) is 3.43. The fraction of sp³-hybridized carbons (Fsp3) is 0.455. The second-order valence-electron chi connectivity index (χ2n) is 8.01. The number of ether oxygens (including phenoxy) is 1. The lowest BCUT2D eigenvalue weighted by Gasteiger charge is -2.10. The van der Waals surface area contributed by atoms with Crippen molar-refractivity contribution < 1.29 is 27.6 Å². The van der Waals surface area contributed by atoms with Gasteiger partial charge in [-0.1, -0.05) is 28.6 Å². The van der Waals surface area contributed by atoms with Gasteiger partial charge in [-0.25, -0.2) is 13.4 Å². The Morgan fingerprint density at radius 1 is 1.26 bits per heavy atom. The van der Waals surface area contributed by atoms with Crippen LogP contribution in [0, 0.1) is 0 Å². The van der Waals surface area contributed by atoms with Crippen molar-refractivity contribution in [2.75, 3.05) is 31.3 Å². The summed E-state index contributed by atoms with van der Waals surface area (Å²) in [5, 5.41) is 9.47. The van der Waals surface area contributed by atoms with Gasteiger partial charge in [0, 0.05) is 31.2 Å². The van der Waals surface area contributed by atoms with Crippen molar-refractivity contribution in [3.8, 4) is 0 Å². The van der Waals surface area contributed by atoms with Crippen LogP contribution in [0.1, 0.15) is 31.2 Å². The highest BCUT2D eigenvalue weighted by atomic mass is 32.2. The summed E-state index contributed by atoms with van der Waals surface area (Å²) in [7, 11) is -1.75. The molecule has 0 unspecified atom stereocenters. The highest BCUT2D eigenvalue weighted by Gasteiger charge is 2.36. The molecule has 1 aromatic carbocycles. The smallest absolute Gasteiger partial charge is 0.280 e. The Morgan fingerprint density at radius 3 is 2.69 bits per heavy atom. The van der Waals surface area contributed by atoms with E-state index in [9.17, 15) is 18.0 Å². The maximum Gasteiger partial charge on any atom is 0.280 e. The molecule has 0 spiro atoms. The first kappa shape index (κ1) is 25.6. The summed E-state index contributed by atoms with van der Waals surface area (Å²) in [6, 6.07) is 6.11. The molecule has 188 valence electrons. The third kappa shape index (κ3) is 6.81. The Hall–Kier alpha value is -2.48. The molecular weight excluding hydrogens is 512 g/mol. The topological polar surface area (TPSA) is 136 Å². The second-order valence-corrected chi connectivity index (χ2v) is 12.7. The number of anilines is 1. The van der Waals surface area contributed by atoms with Gasteiger partial charge in [0.2, 0.25) is 5.91 Å². The largest absolute Gasteiger partial charge is 0.389 e. The first-order valence-corrected chi connectivity index (χ1v) is 14.5. The molecule has 2 aliphatic rings. The highest BCUT2D eigenvalue weighted by Crippen LogP contribution is 2.33. The first-order valence-electron chi connectivity index (χ1n) is 11.1. The molecule has 2 aromatic rings. The number of thiazole rings is 1. The van der Waals surface area contributed by atoms with Gasteiger partial charge in [-0.15, -0.1) is 11.8 Å². The lowest BCUT2D eigenvalue weighted by atomic mass is 10.1. The molecule has 1 aliphatic carbocycles. The van der Waals surface area contributed by atoms with E-state index in [1.807, 2.05) is 0 Å². The third-order valence-corrected chi connectivity index (χ3v) is 9.76. The van der Waals surface area contributed by atoms with Crippen LogP contribution in [0.4, 0.5) is 5.13 Å². The minimum atomic E-state index is -3.34. The maximum absolute atomic E-state index is 13.1. The Balaban J connectivity index is 1.47. The van der Waals surface area contributed by atoms with Crippen molar-refractivity contribution in [3.63, 3.8) is 0 Å². The van der Waals surface area contributed by atoms with E-state index in [0.29, 0.717) is 55.3 Å². The first-order chi connectivity index (χ1) is 16.9. The lowest BCUT2D eigenvalue weighted by molar-refractivity contribution is -0.120. The molecule has 2 N–H and O–H groups in total. The zero-order chi connectivity index (χ0) is 24.8. The zero-order valence-corrected chi connectivity index (χ0v) is 21.5. The van der Waals surface area contributed by atoms with E-state index in [1.54, 1.807) is 25.4 Å². The van der Waals surface area contributed by atoms with Crippen molar-refractivity contribution in [1.29, 1.82) is 0 Å². The molecular formula is C22H26N4O6S3. The fourth-order valence-corrected chi connectivity index (χ4v) is 6.77.